The van der Waals surface area contributed by atoms with E-state index in [1.807, 2.05) is 6.07 Å². The lowest BCUT2D eigenvalue weighted by Gasteiger charge is -2.07. The van der Waals surface area contributed by atoms with Gasteiger partial charge in [-0.25, -0.2) is 0 Å². The fraction of sp³-hybridized carbons (Fsp3) is 0.500. The lowest BCUT2D eigenvalue weighted by atomic mass is 10.2. The van der Waals surface area contributed by atoms with E-state index in [1.54, 1.807) is 19.1 Å². The van der Waals surface area contributed by atoms with Crippen LogP contribution >= 0.6 is 0 Å². The van der Waals surface area contributed by atoms with Crippen LogP contribution in [0.3, 0.4) is 0 Å². The molecule has 1 aromatic rings. The van der Waals surface area contributed by atoms with Gasteiger partial charge in [0.25, 0.3) is 5.69 Å². The first kappa shape index (κ1) is 13.4. The third-order valence-corrected chi connectivity index (χ3v) is 2.50. The number of hydrogen-bond acceptors (Lipinski definition) is 4. The van der Waals surface area contributed by atoms with Crippen LogP contribution in [-0.4, -0.2) is 24.6 Å². The number of nitrogens with one attached hydrogen (secondary N) is 2. The minimum atomic E-state index is -0.357. The van der Waals surface area contributed by atoms with Crippen molar-refractivity contribution in [1.82, 2.24) is 5.32 Å². The average molecular weight is 237 g/mol. The molecule has 0 aliphatic rings. The third kappa shape index (κ3) is 4.40. The highest BCUT2D eigenvalue weighted by atomic mass is 16.6. The van der Waals surface area contributed by atoms with Gasteiger partial charge in [0.1, 0.15) is 0 Å². The summed E-state index contributed by atoms with van der Waals surface area (Å²) in [7, 11) is 0. The van der Waals surface area contributed by atoms with Gasteiger partial charge in [-0.2, -0.15) is 0 Å². The number of benzene rings is 1. The van der Waals surface area contributed by atoms with E-state index >= 15 is 0 Å². The van der Waals surface area contributed by atoms with Crippen molar-refractivity contribution in [2.45, 2.75) is 20.3 Å². The van der Waals surface area contributed by atoms with Crippen LogP contribution in [-0.2, 0) is 0 Å². The van der Waals surface area contributed by atoms with Crippen LogP contribution in [0.15, 0.2) is 18.2 Å². The van der Waals surface area contributed by atoms with Crippen LogP contribution in [0.1, 0.15) is 18.9 Å². The van der Waals surface area contributed by atoms with E-state index in [9.17, 15) is 10.1 Å². The maximum Gasteiger partial charge on any atom is 0.272 e. The Kier molecular flexibility index (Phi) is 5.42. The molecule has 1 aromatic carbocycles. The molecule has 2 N–H and O–H groups in total. The van der Waals surface area contributed by atoms with E-state index in [1.165, 1.54) is 0 Å². The van der Waals surface area contributed by atoms with Gasteiger partial charge in [0.2, 0.25) is 0 Å². The first-order valence-corrected chi connectivity index (χ1v) is 5.84. The highest BCUT2D eigenvalue weighted by molar-refractivity contribution is 5.53. The second-order valence-corrected chi connectivity index (χ2v) is 3.89. The van der Waals surface area contributed by atoms with Gasteiger partial charge in [-0.3, -0.25) is 10.1 Å². The predicted octanol–water partition coefficient (Wildman–Crippen LogP) is 2.31. The minimum absolute atomic E-state index is 0.170. The largest absolute Gasteiger partial charge is 0.385 e. The van der Waals surface area contributed by atoms with E-state index in [-0.39, 0.29) is 10.6 Å². The van der Waals surface area contributed by atoms with Gasteiger partial charge in [0.05, 0.1) is 4.92 Å². The number of anilines is 1. The highest BCUT2D eigenvalue weighted by Gasteiger charge is 2.09. The number of nitro groups is 1. The monoisotopic (exact) mass is 237 g/mol. The number of nitrogens with zero attached hydrogens (tertiary/aromatic N) is 1. The zero-order valence-corrected chi connectivity index (χ0v) is 10.3. The SMILES string of the molecule is CCNCCCNc1ccc([N+](=O)[O-])c(C)c1. The maximum atomic E-state index is 10.6. The molecule has 17 heavy (non-hydrogen) atoms. The topological polar surface area (TPSA) is 67.2 Å². The summed E-state index contributed by atoms with van der Waals surface area (Å²) in [6.07, 6.45) is 1.03. The summed E-state index contributed by atoms with van der Waals surface area (Å²) in [6, 6.07) is 5.10. The molecule has 0 saturated heterocycles. The van der Waals surface area contributed by atoms with Crippen LogP contribution < -0.4 is 10.6 Å². The smallest absolute Gasteiger partial charge is 0.272 e. The minimum Gasteiger partial charge on any atom is -0.385 e. The molecule has 0 radical (unpaired) electrons. The van der Waals surface area contributed by atoms with Crippen molar-refractivity contribution in [3.05, 3.63) is 33.9 Å². The Bertz CT molecular complexity index is 380. The summed E-state index contributed by atoms with van der Waals surface area (Å²) < 4.78 is 0. The molecule has 0 unspecified atom stereocenters. The van der Waals surface area contributed by atoms with Gasteiger partial charge in [-0.05, 0) is 38.6 Å². The standard InChI is InChI=1S/C12H19N3O2/c1-3-13-7-4-8-14-11-5-6-12(15(16)17)10(2)9-11/h5-6,9,13-14H,3-4,7-8H2,1-2H3. The summed E-state index contributed by atoms with van der Waals surface area (Å²) in [5, 5.41) is 17.1. The summed E-state index contributed by atoms with van der Waals surface area (Å²) in [4.78, 5) is 10.3. The van der Waals surface area contributed by atoms with E-state index < -0.39 is 0 Å². The predicted molar refractivity (Wildman–Crippen MR) is 69.5 cm³/mol. The van der Waals surface area contributed by atoms with Gasteiger partial charge in [-0.15, -0.1) is 0 Å². The fourth-order valence-corrected chi connectivity index (χ4v) is 1.59. The molecule has 0 aliphatic heterocycles. The molecule has 0 bridgehead atoms. The average Bonchev–Trinajstić information content (AvgIpc) is 2.28. The maximum absolute atomic E-state index is 10.6. The van der Waals surface area contributed by atoms with E-state index in [2.05, 4.69) is 17.6 Å². The number of aryl methyl sites for hydroxylation is 1. The molecule has 0 aromatic heterocycles. The van der Waals surface area contributed by atoms with Crippen molar-refractivity contribution in [3.8, 4) is 0 Å². The molecule has 94 valence electrons. The summed E-state index contributed by atoms with van der Waals surface area (Å²) in [5.74, 6) is 0. The molecule has 5 nitrogen and oxygen atoms in total. The lowest BCUT2D eigenvalue weighted by molar-refractivity contribution is -0.385. The van der Waals surface area contributed by atoms with E-state index in [4.69, 9.17) is 0 Å². The molecular formula is C12H19N3O2. The third-order valence-electron chi connectivity index (χ3n) is 2.50. The Labute approximate surface area is 101 Å². The molecular weight excluding hydrogens is 218 g/mol. The van der Waals surface area contributed by atoms with Crippen LogP contribution in [0.2, 0.25) is 0 Å². The quantitative estimate of drug-likeness (QED) is 0.434. The Morgan fingerprint density at radius 3 is 2.71 bits per heavy atom. The first-order chi connectivity index (χ1) is 8.15. The van der Waals surface area contributed by atoms with E-state index in [0.29, 0.717) is 5.56 Å². The van der Waals surface area contributed by atoms with Gasteiger partial charge in [0, 0.05) is 23.9 Å². The molecule has 0 saturated carbocycles. The van der Waals surface area contributed by atoms with Gasteiger partial charge >= 0.3 is 0 Å². The highest BCUT2D eigenvalue weighted by Crippen LogP contribution is 2.21. The Morgan fingerprint density at radius 1 is 1.35 bits per heavy atom. The lowest BCUT2D eigenvalue weighted by Crippen LogP contribution is -2.17. The first-order valence-electron chi connectivity index (χ1n) is 5.84. The van der Waals surface area contributed by atoms with E-state index in [0.717, 1.165) is 31.7 Å². The Balaban J connectivity index is 2.45. The normalized spacial score (nSPS) is 10.2. The second kappa shape index (κ2) is 6.85. The zero-order chi connectivity index (χ0) is 12.7. The van der Waals surface area contributed by atoms with Crippen molar-refractivity contribution in [2.75, 3.05) is 25.0 Å². The second-order valence-electron chi connectivity index (χ2n) is 3.89. The number of rotatable bonds is 7. The summed E-state index contributed by atoms with van der Waals surface area (Å²) in [6.45, 7) is 6.66. The Morgan fingerprint density at radius 2 is 2.12 bits per heavy atom. The molecule has 0 heterocycles. The van der Waals surface area contributed by atoms with Crippen molar-refractivity contribution >= 4 is 11.4 Å². The van der Waals surface area contributed by atoms with Crippen LogP contribution in [0.5, 0.6) is 0 Å². The van der Waals surface area contributed by atoms with Gasteiger partial charge < -0.3 is 10.6 Å². The van der Waals surface area contributed by atoms with Crippen LogP contribution in [0.25, 0.3) is 0 Å². The summed E-state index contributed by atoms with van der Waals surface area (Å²) >= 11 is 0. The molecule has 1 rings (SSSR count). The molecule has 0 amide bonds. The van der Waals surface area contributed by atoms with Crippen LogP contribution in [0, 0.1) is 17.0 Å². The molecule has 0 spiro atoms. The van der Waals surface area contributed by atoms with Crippen molar-refractivity contribution in [1.29, 1.82) is 0 Å². The van der Waals surface area contributed by atoms with Gasteiger partial charge in [-0.1, -0.05) is 6.92 Å². The molecule has 0 atom stereocenters. The number of hydrogen-bond donors (Lipinski definition) is 2. The zero-order valence-electron chi connectivity index (χ0n) is 10.3. The fourth-order valence-electron chi connectivity index (χ4n) is 1.59. The van der Waals surface area contributed by atoms with Crippen molar-refractivity contribution in [2.24, 2.45) is 0 Å². The molecule has 5 heteroatoms. The number of nitro benzene ring substituents is 1. The Hall–Kier alpha value is -1.62. The molecule has 0 aliphatic carbocycles. The van der Waals surface area contributed by atoms with Gasteiger partial charge in [0.15, 0.2) is 0 Å². The van der Waals surface area contributed by atoms with Crippen molar-refractivity contribution < 1.29 is 4.92 Å². The molecule has 0 fully saturated rings. The summed E-state index contributed by atoms with van der Waals surface area (Å²) in [5.41, 5.74) is 1.79. The van der Waals surface area contributed by atoms with Crippen molar-refractivity contribution in [3.63, 3.8) is 0 Å². The van der Waals surface area contributed by atoms with Crippen LogP contribution in [0.4, 0.5) is 11.4 Å².